The van der Waals surface area contributed by atoms with Gasteiger partial charge >= 0.3 is 0 Å². The van der Waals surface area contributed by atoms with Gasteiger partial charge in [-0.25, -0.2) is 0 Å². The monoisotopic (exact) mass is 293 g/mol. The van der Waals surface area contributed by atoms with Crippen LogP contribution in [0.15, 0.2) is 36.7 Å². The zero-order valence-corrected chi connectivity index (χ0v) is 12.3. The molecule has 3 aromatic rings. The van der Waals surface area contributed by atoms with Crippen LogP contribution in [0.2, 0.25) is 0 Å². The molecule has 0 saturated carbocycles. The van der Waals surface area contributed by atoms with Crippen LogP contribution in [-0.2, 0) is 4.79 Å². The molecule has 4 rings (SSSR count). The lowest BCUT2D eigenvalue weighted by Crippen LogP contribution is -2.10. The van der Waals surface area contributed by atoms with Crippen molar-refractivity contribution in [3.63, 3.8) is 0 Å². The second-order valence-corrected chi connectivity index (χ2v) is 5.75. The number of fused-ring (bicyclic) bond motifs is 1. The Morgan fingerprint density at radius 1 is 1.23 bits per heavy atom. The van der Waals surface area contributed by atoms with E-state index in [1.807, 2.05) is 43.0 Å². The Labute approximate surface area is 127 Å². The number of hydrogen-bond donors (Lipinski definition) is 1. The molecule has 1 aliphatic heterocycles. The van der Waals surface area contributed by atoms with E-state index in [4.69, 9.17) is 0 Å². The first-order valence-electron chi connectivity index (χ1n) is 7.24. The number of H-pyrrole nitrogens is 1. The summed E-state index contributed by atoms with van der Waals surface area (Å²) in [7, 11) is 0. The number of aromatic nitrogens is 4. The summed E-state index contributed by atoms with van der Waals surface area (Å²) < 4.78 is 0. The molecular formula is C16H15N5O. The molecule has 6 nitrogen and oxygen atoms in total. The van der Waals surface area contributed by atoms with Crippen molar-refractivity contribution in [2.24, 2.45) is 0 Å². The summed E-state index contributed by atoms with van der Waals surface area (Å²) in [4.78, 5) is 13.9. The number of nitrogens with one attached hydrogen (secondary N) is 1. The predicted molar refractivity (Wildman–Crippen MR) is 81.8 cm³/mol. The molecule has 1 aromatic carbocycles. The molecule has 1 fully saturated rings. The van der Waals surface area contributed by atoms with Gasteiger partial charge in [-0.15, -0.1) is 0 Å². The summed E-state index contributed by atoms with van der Waals surface area (Å²) in [5.74, 6) is 0.185. The van der Waals surface area contributed by atoms with Gasteiger partial charge in [0.15, 0.2) is 0 Å². The van der Waals surface area contributed by atoms with E-state index < -0.39 is 0 Å². The zero-order chi connectivity index (χ0) is 15.3. The molecule has 0 aliphatic carbocycles. The highest BCUT2D eigenvalue weighted by Crippen LogP contribution is 2.40. The van der Waals surface area contributed by atoms with Crippen molar-refractivity contribution in [1.82, 2.24) is 25.3 Å². The maximum Gasteiger partial charge on any atom is 0.251 e. The number of nitrogens with zero attached hydrogens (tertiary/aromatic N) is 4. The van der Waals surface area contributed by atoms with Crippen LogP contribution >= 0.6 is 0 Å². The van der Waals surface area contributed by atoms with Crippen molar-refractivity contribution < 1.29 is 4.79 Å². The zero-order valence-electron chi connectivity index (χ0n) is 12.3. The Kier molecular flexibility index (Phi) is 2.72. The summed E-state index contributed by atoms with van der Waals surface area (Å²) >= 11 is 0. The summed E-state index contributed by atoms with van der Waals surface area (Å²) in [5, 5.41) is 16.1. The van der Waals surface area contributed by atoms with Crippen molar-refractivity contribution in [1.29, 1.82) is 0 Å². The van der Waals surface area contributed by atoms with Crippen molar-refractivity contribution in [3.8, 4) is 11.3 Å². The maximum atomic E-state index is 12.0. The smallest absolute Gasteiger partial charge is 0.251 e. The standard InChI is InChI=1S/C16H15N5O/c1-9(2)21-15(16(21)22)10-3-4-13-12(7-10)14(20-19-13)11-5-6-17-18-8-11/h3-9,15H,1-2H3,(H,19,20). The van der Waals surface area contributed by atoms with Gasteiger partial charge in [-0.1, -0.05) is 6.07 Å². The van der Waals surface area contributed by atoms with E-state index in [1.54, 1.807) is 12.4 Å². The van der Waals surface area contributed by atoms with E-state index >= 15 is 0 Å². The molecule has 6 heteroatoms. The Morgan fingerprint density at radius 3 is 2.77 bits per heavy atom. The molecule has 0 radical (unpaired) electrons. The van der Waals surface area contributed by atoms with Gasteiger partial charge in [-0.2, -0.15) is 15.3 Å². The highest BCUT2D eigenvalue weighted by molar-refractivity contribution is 6.00. The number of amides is 1. The van der Waals surface area contributed by atoms with Crippen LogP contribution in [0.1, 0.15) is 25.5 Å². The lowest BCUT2D eigenvalue weighted by Gasteiger charge is -2.06. The average molecular weight is 293 g/mol. The first-order valence-corrected chi connectivity index (χ1v) is 7.24. The number of benzene rings is 1. The minimum absolute atomic E-state index is 0.122. The van der Waals surface area contributed by atoms with Gasteiger partial charge in [0.05, 0.1) is 17.9 Å². The van der Waals surface area contributed by atoms with Gasteiger partial charge in [-0.05, 0) is 37.6 Å². The largest absolute Gasteiger partial charge is 0.322 e. The molecule has 3 heterocycles. The van der Waals surface area contributed by atoms with Gasteiger partial charge in [0.1, 0.15) is 11.7 Å². The highest BCUT2D eigenvalue weighted by Gasteiger charge is 2.48. The third kappa shape index (κ3) is 1.88. The average Bonchev–Trinajstić information content (AvgIpc) is 3.04. The molecule has 0 spiro atoms. The third-order valence-electron chi connectivity index (χ3n) is 4.02. The van der Waals surface area contributed by atoms with Crippen LogP contribution in [0.3, 0.4) is 0 Å². The minimum Gasteiger partial charge on any atom is -0.322 e. The summed E-state index contributed by atoms with van der Waals surface area (Å²) in [6.45, 7) is 4.06. The fourth-order valence-corrected chi connectivity index (χ4v) is 2.90. The quantitative estimate of drug-likeness (QED) is 0.752. The molecule has 1 unspecified atom stereocenters. The number of hydrogen-bond acceptors (Lipinski definition) is 4. The Hall–Kier alpha value is -2.76. The molecule has 110 valence electrons. The maximum absolute atomic E-state index is 12.0. The van der Waals surface area contributed by atoms with Crippen LogP contribution in [0.25, 0.3) is 22.2 Å². The number of aromatic amines is 1. The van der Waals surface area contributed by atoms with Gasteiger partial charge in [0.25, 0.3) is 5.91 Å². The molecule has 1 N–H and O–H groups in total. The van der Waals surface area contributed by atoms with Gasteiger partial charge < -0.3 is 4.90 Å². The normalized spacial score (nSPS) is 17.5. The Balaban J connectivity index is 1.80. The minimum atomic E-state index is -0.122. The van der Waals surface area contributed by atoms with E-state index in [0.29, 0.717) is 0 Å². The van der Waals surface area contributed by atoms with Crippen LogP contribution in [0.4, 0.5) is 0 Å². The summed E-state index contributed by atoms with van der Waals surface area (Å²) in [6.07, 6.45) is 3.33. The van der Waals surface area contributed by atoms with Gasteiger partial charge in [-0.3, -0.25) is 9.89 Å². The third-order valence-corrected chi connectivity index (χ3v) is 4.02. The molecule has 1 atom stereocenters. The second kappa shape index (κ2) is 4.62. The van der Waals surface area contributed by atoms with Crippen molar-refractivity contribution in [3.05, 3.63) is 42.2 Å². The predicted octanol–water partition coefficient (Wildman–Crippen LogP) is 2.31. The van der Waals surface area contributed by atoms with E-state index in [-0.39, 0.29) is 18.0 Å². The molecule has 22 heavy (non-hydrogen) atoms. The summed E-state index contributed by atoms with van der Waals surface area (Å²) in [6, 6.07) is 7.97. The highest BCUT2D eigenvalue weighted by atomic mass is 16.2. The van der Waals surface area contributed by atoms with Crippen LogP contribution in [-0.4, -0.2) is 37.2 Å². The second-order valence-electron chi connectivity index (χ2n) is 5.75. The van der Waals surface area contributed by atoms with Crippen molar-refractivity contribution in [2.75, 3.05) is 0 Å². The summed E-state index contributed by atoms with van der Waals surface area (Å²) in [5.41, 5.74) is 3.69. The van der Waals surface area contributed by atoms with Crippen LogP contribution in [0.5, 0.6) is 0 Å². The lowest BCUT2D eigenvalue weighted by atomic mass is 10.1. The topological polar surface area (TPSA) is 74.5 Å². The lowest BCUT2D eigenvalue weighted by molar-refractivity contribution is -0.114. The van der Waals surface area contributed by atoms with Gasteiger partial charge in [0.2, 0.25) is 0 Å². The first-order chi connectivity index (χ1) is 10.7. The van der Waals surface area contributed by atoms with E-state index in [9.17, 15) is 4.79 Å². The van der Waals surface area contributed by atoms with E-state index in [2.05, 4.69) is 20.4 Å². The number of carbonyl (C=O) groups excluding carboxylic acids is 1. The Morgan fingerprint density at radius 2 is 2.09 bits per heavy atom. The molecular weight excluding hydrogens is 278 g/mol. The molecule has 1 aliphatic rings. The molecule has 2 aromatic heterocycles. The van der Waals surface area contributed by atoms with Crippen LogP contribution in [0, 0.1) is 0 Å². The van der Waals surface area contributed by atoms with Crippen molar-refractivity contribution >= 4 is 16.8 Å². The van der Waals surface area contributed by atoms with Gasteiger partial charge in [0, 0.05) is 17.0 Å². The van der Waals surface area contributed by atoms with Crippen molar-refractivity contribution in [2.45, 2.75) is 25.9 Å². The number of rotatable bonds is 3. The number of carbonyl (C=O) groups is 1. The van der Waals surface area contributed by atoms with Crippen LogP contribution < -0.4 is 0 Å². The SMILES string of the molecule is CC(C)N1C(=O)C1c1ccc2[nH]nc(-c3ccnnc3)c2c1. The van der Waals surface area contributed by atoms with E-state index in [0.717, 1.165) is 27.7 Å². The molecule has 1 amide bonds. The fraction of sp³-hybridized carbons (Fsp3) is 0.250. The van der Waals surface area contributed by atoms with E-state index in [1.165, 1.54) is 0 Å². The fourth-order valence-electron chi connectivity index (χ4n) is 2.90. The Bertz CT molecular complexity index is 855. The molecule has 1 saturated heterocycles. The molecule has 0 bridgehead atoms. The first kappa shape index (κ1) is 12.9.